The number of nitrogens with one attached hydrogen (secondary N) is 4. The molecule has 3 aromatic heterocycles. The van der Waals surface area contributed by atoms with E-state index < -0.39 is 0 Å². The summed E-state index contributed by atoms with van der Waals surface area (Å²) in [5.74, 6) is 2.98. The Balaban J connectivity index is 1.71. The average molecular weight is 401 g/mol. The highest BCUT2D eigenvalue weighted by atomic mass is 16.5. The maximum atomic E-state index is 5.48. The molecule has 5 aromatic rings. The van der Waals surface area contributed by atoms with Crippen LogP contribution in [0, 0.1) is 0 Å². The fourth-order valence-electron chi connectivity index (χ4n) is 3.37. The summed E-state index contributed by atoms with van der Waals surface area (Å²) in [7, 11) is 3.22. The molecule has 3 heterocycles. The third-order valence-corrected chi connectivity index (χ3v) is 4.73. The fourth-order valence-corrected chi connectivity index (χ4v) is 3.37. The van der Waals surface area contributed by atoms with Crippen molar-refractivity contribution >= 4 is 45.2 Å². The number of methoxy groups -OCH3 is 2. The zero-order chi connectivity index (χ0) is 20.5. The summed E-state index contributed by atoms with van der Waals surface area (Å²) in [6, 6.07) is 15.4. The van der Waals surface area contributed by atoms with Gasteiger partial charge in [0.15, 0.2) is 17.3 Å². The van der Waals surface area contributed by atoms with Gasteiger partial charge in [0.2, 0.25) is 5.95 Å². The molecule has 9 heteroatoms. The number of hydrogen-bond acceptors (Lipinski definition) is 7. The Kier molecular flexibility index (Phi) is 4.32. The summed E-state index contributed by atoms with van der Waals surface area (Å²) in [5.41, 5.74) is 2.42. The van der Waals surface area contributed by atoms with Gasteiger partial charge in [-0.15, -0.1) is 0 Å². The van der Waals surface area contributed by atoms with Gasteiger partial charge in [-0.1, -0.05) is 18.2 Å². The summed E-state index contributed by atoms with van der Waals surface area (Å²) < 4.78 is 10.9. The molecule has 5 rings (SSSR count). The Morgan fingerprint density at radius 2 is 1.70 bits per heavy atom. The van der Waals surface area contributed by atoms with Crippen LogP contribution >= 0.6 is 0 Å². The molecule has 0 aliphatic carbocycles. The molecule has 2 aromatic carbocycles. The van der Waals surface area contributed by atoms with E-state index in [9.17, 15) is 0 Å². The number of aromatic nitrogens is 5. The van der Waals surface area contributed by atoms with Crippen molar-refractivity contribution in [3.05, 3.63) is 54.7 Å². The fraction of sp³-hybridized carbons (Fsp3) is 0.0952. The van der Waals surface area contributed by atoms with Gasteiger partial charge in [0.05, 0.1) is 25.1 Å². The van der Waals surface area contributed by atoms with Crippen molar-refractivity contribution in [1.82, 2.24) is 25.1 Å². The van der Waals surface area contributed by atoms with Crippen LogP contribution in [0.15, 0.2) is 54.7 Å². The number of ether oxygens (including phenoxy) is 2. The first-order valence-corrected chi connectivity index (χ1v) is 9.29. The number of nitrogens with zero attached hydrogens (tertiary/aromatic N) is 3. The van der Waals surface area contributed by atoms with Gasteiger partial charge in [0, 0.05) is 29.4 Å². The molecule has 0 spiro atoms. The van der Waals surface area contributed by atoms with Crippen LogP contribution in [0.4, 0.5) is 23.3 Å². The van der Waals surface area contributed by atoms with E-state index in [0.717, 1.165) is 22.0 Å². The molecule has 0 aliphatic rings. The predicted octanol–water partition coefficient (Wildman–Crippen LogP) is 4.34. The van der Waals surface area contributed by atoms with Crippen LogP contribution in [0.3, 0.4) is 0 Å². The van der Waals surface area contributed by atoms with Crippen molar-refractivity contribution in [2.45, 2.75) is 0 Å². The molecule has 0 unspecified atom stereocenters. The zero-order valence-electron chi connectivity index (χ0n) is 16.4. The van der Waals surface area contributed by atoms with E-state index in [4.69, 9.17) is 14.5 Å². The van der Waals surface area contributed by atoms with E-state index in [1.807, 2.05) is 48.5 Å². The second kappa shape index (κ2) is 7.28. The Morgan fingerprint density at radius 3 is 2.43 bits per heavy atom. The minimum atomic E-state index is 0.456. The van der Waals surface area contributed by atoms with Gasteiger partial charge in [0.25, 0.3) is 0 Å². The van der Waals surface area contributed by atoms with Crippen molar-refractivity contribution < 1.29 is 9.47 Å². The lowest BCUT2D eigenvalue weighted by atomic mass is 10.2. The summed E-state index contributed by atoms with van der Waals surface area (Å²) >= 11 is 0. The number of benzene rings is 2. The van der Waals surface area contributed by atoms with Gasteiger partial charge in [-0.3, -0.25) is 5.10 Å². The summed E-state index contributed by atoms with van der Waals surface area (Å²) in [4.78, 5) is 12.7. The molecule has 0 atom stereocenters. The molecule has 9 nitrogen and oxygen atoms in total. The van der Waals surface area contributed by atoms with E-state index in [1.165, 1.54) is 0 Å². The van der Waals surface area contributed by atoms with Crippen LogP contribution in [0.5, 0.6) is 11.5 Å². The summed E-state index contributed by atoms with van der Waals surface area (Å²) in [6.07, 6.45) is 1.74. The van der Waals surface area contributed by atoms with Crippen molar-refractivity contribution in [2.75, 3.05) is 24.9 Å². The molecule has 0 saturated heterocycles. The van der Waals surface area contributed by atoms with Crippen molar-refractivity contribution in [3.63, 3.8) is 0 Å². The first kappa shape index (κ1) is 17.8. The number of fused-ring (bicyclic) bond motifs is 3. The molecule has 0 aliphatic heterocycles. The Hall–Kier alpha value is -4.27. The van der Waals surface area contributed by atoms with Crippen molar-refractivity contribution in [2.24, 2.45) is 0 Å². The first-order chi connectivity index (χ1) is 14.7. The number of H-pyrrole nitrogens is 2. The molecule has 0 fully saturated rings. The number of anilines is 4. The summed E-state index contributed by atoms with van der Waals surface area (Å²) in [6.45, 7) is 0. The SMILES string of the molecule is COc1cc2[nH]c3nc(Nc4ccccc4)nc(Nc4cc[nH]n4)c3c2cc1OC. The van der Waals surface area contributed by atoms with Gasteiger partial charge in [-0.05, 0) is 18.2 Å². The number of rotatable bonds is 6. The van der Waals surface area contributed by atoms with Crippen LogP contribution in [-0.4, -0.2) is 39.4 Å². The standard InChI is InChI=1S/C21H19N7O2/c1-29-15-10-13-14(11-16(15)30-2)24-19-18(13)20(25-17-8-9-22-28-17)27-21(26-19)23-12-6-4-3-5-7-12/h3-11H,1-2H3,(H4,22,23,24,25,26,27,28). The van der Waals surface area contributed by atoms with Crippen molar-refractivity contribution in [1.29, 1.82) is 0 Å². The number of para-hydroxylation sites is 1. The van der Waals surface area contributed by atoms with E-state index in [2.05, 4.69) is 30.8 Å². The molecule has 0 bridgehead atoms. The molecular weight excluding hydrogens is 382 g/mol. The third-order valence-electron chi connectivity index (χ3n) is 4.73. The Labute approximate surface area is 171 Å². The molecule has 0 radical (unpaired) electrons. The normalized spacial score (nSPS) is 11.0. The highest BCUT2D eigenvalue weighted by Gasteiger charge is 2.17. The van der Waals surface area contributed by atoms with Crippen LogP contribution in [-0.2, 0) is 0 Å². The maximum absolute atomic E-state index is 5.48. The molecular formula is C21H19N7O2. The van der Waals surface area contributed by atoms with Gasteiger partial charge < -0.3 is 25.1 Å². The molecule has 4 N–H and O–H groups in total. The highest BCUT2D eigenvalue weighted by molar-refractivity contribution is 6.12. The summed E-state index contributed by atoms with van der Waals surface area (Å²) in [5, 5.41) is 15.2. The van der Waals surface area contributed by atoms with Gasteiger partial charge >= 0.3 is 0 Å². The van der Waals surface area contributed by atoms with Gasteiger partial charge in [-0.25, -0.2) is 0 Å². The maximum Gasteiger partial charge on any atom is 0.231 e. The third kappa shape index (κ3) is 3.12. The minimum absolute atomic E-state index is 0.456. The first-order valence-electron chi connectivity index (χ1n) is 9.29. The number of hydrogen-bond donors (Lipinski definition) is 4. The van der Waals surface area contributed by atoms with Crippen LogP contribution in [0.1, 0.15) is 0 Å². The Bertz CT molecular complexity index is 1310. The zero-order valence-corrected chi connectivity index (χ0v) is 16.4. The molecule has 0 saturated carbocycles. The largest absolute Gasteiger partial charge is 0.493 e. The quantitative estimate of drug-likeness (QED) is 0.335. The van der Waals surface area contributed by atoms with Gasteiger partial charge in [-0.2, -0.15) is 15.1 Å². The molecule has 150 valence electrons. The lowest BCUT2D eigenvalue weighted by Crippen LogP contribution is -2.02. The lowest BCUT2D eigenvalue weighted by Gasteiger charge is -2.10. The van der Waals surface area contributed by atoms with E-state index in [1.54, 1.807) is 20.4 Å². The molecule has 30 heavy (non-hydrogen) atoms. The van der Waals surface area contributed by atoms with Crippen molar-refractivity contribution in [3.8, 4) is 11.5 Å². The average Bonchev–Trinajstić information content (AvgIpc) is 3.40. The van der Waals surface area contributed by atoms with E-state index >= 15 is 0 Å². The second-order valence-corrected chi connectivity index (χ2v) is 6.57. The monoisotopic (exact) mass is 401 g/mol. The van der Waals surface area contributed by atoms with Gasteiger partial charge in [0.1, 0.15) is 11.5 Å². The van der Waals surface area contributed by atoms with Crippen LogP contribution in [0.25, 0.3) is 21.9 Å². The Morgan fingerprint density at radius 1 is 0.900 bits per heavy atom. The second-order valence-electron chi connectivity index (χ2n) is 6.57. The molecule has 0 amide bonds. The smallest absolute Gasteiger partial charge is 0.231 e. The van der Waals surface area contributed by atoms with E-state index in [-0.39, 0.29) is 0 Å². The number of aromatic amines is 2. The lowest BCUT2D eigenvalue weighted by molar-refractivity contribution is 0.356. The predicted molar refractivity (Wildman–Crippen MR) is 116 cm³/mol. The highest BCUT2D eigenvalue weighted by Crippen LogP contribution is 2.38. The van der Waals surface area contributed by atoms with Crippen LogP contribution < -0.4 is 20.1 Å². The topological polar surface area (TPSA) is 113 Å². The minimum Gasteiger partial charge on any atom is -0.493 e. The van der Waals surface area contributed by atoms with E-state index in [0.29, 0.717) is 34.7 Å². The van der Waals surface area contributed by atoms with Crippen LogP contribution in [0.2, 0.25) is 0 Å².